The molecule has 0 saturated heterocycles. The molecular weight excluding hydrogens is 332 g/mol. The molecule has 0 aliphatic rings. The van der Waals surface area contributed by atoms with Crippen LogP contribution in [0.4, 0.5) is 23.2 Å². The first kappa shape index (κ1) is 15.8. The van der Waals surface area contributed by atoms with Gasteiger partial charge in [-0.2, -0.15) is 18.3 Å². The summed E-state index contributed by atoms with van der Waals surface area (Å²) in [6, 6.07) is 4.84. The highest BCUT2D eigenvalue weighted by Crippen LogP contribution is 2.32. The third kappa shape index (κ3) is 2.66. The molecule has 3 aromatic rings. The van der Waals surface area contributed by atoms with Crippen LogP contribution in [0.5, 0.6) is 0 Å². The zero-order valence-corrected chi connectivity index (χ0v) is 12.0. The number of nitrogens with zero attached hydrogens (tertiary/aromatic N) is 4. The summed E-state index contributed by atoms with van der Waals surface area (Å²) in [4.78, 5) is 13.8. The lowest BCUT2D eigenvalue weighted by Gasteiger charge is -2.09. The van der Waals surface area contributed by atoms with Gasteiger partial charge < -0.3 is 0 Å². The van der Waals surface area contributed by atoms with E-state index in [1.54, 1.807) is 0 Å². The number of non-ortho nitro benzene ring substituents is 1. The molecule has 0 aliphatic heterocycles. The van der Waals surface area contributed by atoms with Gasteiger partial charge in [-0.15, -0.1) is 0 Å². The summed E-state index contributed by atoms with van der Waals surface area (Å²) in [5, 5.41) is 14.4. The Labute approximate surface area is 131 Å². The second-order valence-corrected chi connectivity index (χ2v) is 5.00. The fourth-order valence-electron chi connectivity index (χ4n) is 2.26. The van der Waals surface area contributed by atoms with Gasteiger partial charge in [0.1, 0.15) is 11.5 Å². The van der Waals surface area contributed by atoms with Crippen molar-refractivity contribution in [3.8, 4) is 11.3 Å². The number of benzene rings is 1. The number of aromatic nitrogens is 3. The molecule has 0 unspecified atom stereocenters. The van der Waals surface area contributed by atoms with E-state index < -0.39 is 28.3 Å². The first-order valence-electron chi connectivity index (χ1n) is 6.56. The van der Waals surface area contributed by atoms with E-state index in [0.717, 1.165) is 18.2 Å². The molecule has 2 aromatic heterocycles. The average Bonchev–Trinajstić information content (AvgIpc) is 2.88. The van der Waals surface area contributed by atoms with Crippen LogP contribution in [0.3, 0.4) is 0 Å². The Morgan fingerprint density at radius 2 is 1.92 bits per heavy atom. The number of rotatable bonds is 2. The van der Waals surface area contributed by atoms with Crippen molar-refractivity contribution in [1.29, 1.82) is 0 Å². The first-order valence-corrected chi connectivity index (χ1v) is 6.56. The summed E-state index contributed by atoms with van der Waals surface area (Å²) < 4.78 is 53.9. The number of hydrogen-bond donors (Lipinski definition) is 0. The maximum Gasteiger partial charge on any atom is 0.433 e. The largest absolute Gasteiger partial charge is 0.433 e. The number of nitro groups is 1. The molecule has 0 N–H and O–H groups in total. The van der Waals surface area contributed by atoms with Crippen LogP contribution in [0.25, 0.3) is 16.9 Å². The van der Waals surface area contributed by atoms with Crippen molar-refractivity contribution in [3.05, 3.63) is 57.7 Å². The maximum absolute atomic E-state index is 14.0. The standard InChI is InChI=1S/C14H8F4N4O2/c1-7-4-12(14(16,17)18)21-13(19-7)6-11(20-21)9-3-2-8(22(23)24)5-10(9)15/h2-6H,1H3. The van der Waals surface area contributed by atoms with Crippen LogP contribution >= 0.6 is 0 Å². The molecule has 0 fully saturated rings. The van der Waals surface area contributed by atoms with Crippen LogP contribution in [0.2, 0.25) is 0 Å². The average molecular weight is 340 g/mol. The molecular formula is C14H8F4N4O2. The number of nitro benzene ring substituents is 1. The third-order valence-corrected chi connectivity index (χ3v) is 3.29. The minimum Gasteiger partial charge on any atom is -0.258 e. The lowest BCUT2D eigenvalue weighted by molar-refractivity contribution is -0.385. The van der Waals surface area contributed by atoms with E-state index in [-0.39, 0.29) is 22.6 Å². The van der Waals surface area contributed by atoms with Crippen molar-refractivity contribution >= 4 is 11.3 Å². The van der Waals surface area contributed by atoms with E-state index in [1.165, 1.54) is 13.0 Å². The molecule has 124 valence electrons. The molecule has 2 heterocycles. The maximum atomic E-state index is 14.0. The number of halogens is 4. The lowest BCUT2D eigenvalue weighted by atomic mass is 10.1. The van der Waals surface area contributed by atoms with Gasteiger partial charge >= 0.3 is 6.18 Å². The smallest absolute Gasteiger partial charge is 0.258 e. The fraction of sp³-hybridized carbons (Fsp3) is 0.143. The van der Waals surface area contributed by atoms with Crippen molar-refractivity contribution in [2.75, 3.05) is 0 Å². The Bertz CT molecular complexity index is 965. The fourth-order valence-corrected chi connectivity index (χ4v) is 2.26. The van der Waals surface area contributed by atoms with Gasteiger partial charge in [0, 0.05) is 23.4 Å². The summed E-state index contributed by atoms with van der Waals surface area (Å²) in [5.41, 5.74) is -1.74. The zero-order chi connectivity index (χ0) is 17.6. The highest BCUT2D eigenvalue weighted by molar-refractivity contribution is 5.66. The summed E-state index contributed by atoms with van der Waals surface area (Å²) in [6.45, 7) is 1.40. The molecule has 0 bridgehead atoms. The van der Waals surface area contributed by atoms with Crippen LogP contribution in [0.1, 0.15) is 11.4 Å². The molecule has 0 amide bonds. The monoisotopic (exact) mass is 340 g/mol. The van der Waals surface area contributed by atoms with Gasteiger partial charge in [-0.05, 0) is 19.1 Å². The van der Waals surface area contributed by atoms with Crippen molar-refractivity contribution < 1.29 is 22.5 Å². The quantitative estimate of drug-likeness (QED) is 0.404. The minimum absolute atomic E-state index is 0.102. The highest BCUT2D eigenvalue weighted by Gasteiger charge is 2.35. The second-order valence-electron chi connectivity index (χ2n) is 5.00. The van der Waals surface area contributed by atoms with Gasteiger partial charge in [-0.3, -0.25) is 10.1 Å². The van der Waals surface area contributed by atoms with Gasteiger partial charge in [-0.25, -0.2) is 13.9 Å². The van der Waals surface area contributed by atoms with Crippen molar-refractivity contribution in [1.82, 2.24) is 14.6 Å². The first-order chi connectivity index (χ1) is 11.2. The molecule has 6 nitrogen and oxygen atoms in total. The van der Waals surface area contributed by atoms with Gasteiger partial charge in [0.25, 0.3) is 5.69 Å². The summed E-state index contributed by atoms with van der Waals surface area (Å²) in [5.74, 6) is -0.960. The van der Waals surface area contributed by atoms with Crippen molar-refractivity contribution in [3.63, 3.8) is 0 Å². The Morgan fingerprint density at radius 1 is 1.21 bits per heavy atom. The van der Waals surface area contributed by atoms with Crippen LogP contribution in [-0.2, 0) is 6.18 Å². The normalized spacial score (nSPS) is 11.9. The summed E-state index contributed by atoms with van der Waals surface area (Å²) in [6.07, 6.45) is -4.66. The number of aryl methyl sites for hydroxylation is 1. The Morgan fingerprint density at radius 3 is 2.50 bits per heavy atom. The molecule has 0 spiro atoms. The third-order valence-electron chi connectivity index (χ3n) is 3.29. The SMILES string of the molecule is Cc1cc(C(F)(F)F)n2nc(-c3ccc([N+](=O)[O-])cc3F)cc2n1. The van der Waals surface area contributed by atoms with Gasteiger partial charge in [-0.1, -0.05) is 0 Å². The minimum atomic E-state index is -4.66. The van der Waals surface area contributed by atoms with E-state index in [4.69, 9.17) is 0 Å². The topological polar surface area (TPSA) is 73.3 Å². The molecule has 1 aromatic carbocycles. The molecule has 0 saturated carbocycles. The predicted molar refractivity (Wildman–Crippen MR) is 74.8 cm³/mol. The molecule has 10 heteroatoms. The Kier molecular flexibility index (Phi) is 3.47. The summed E-state index contributed by atoms with van der Waals surface area (Å²) >= 11 is 0. The molecule has 0 atom stereocenters. The van der Waals surface area contributed by atoms with Gasteiger partial charge in [0.15, 0.2) is 5.65 Å². The van der Waals surface area contributed by atoms with Crippen LogP contribution in [0.15, 0.2) is 30.3 Å². The number of fused-ring (bicyclic) bond motifs is 1. The van der Waals surface area contributed by atoms with Crippen LogP contribution in [0, 0.1) is 22.9 Å². The molecule has 0 radical (unpaired) electrons. The predicted octanol–water partition coefficient (Wildman–Crippen LogP) is 3.77. The van der Waals surface area contributed by atoms with Crippen LogP contribution < -0.4 is 0 Å². The van der Waals surface area contributed by atoms with E-state index in [1.807, 2.05) is 0 Å². The zero-order valence-electron chi connectivity index (χ0n) is 12.0. The molecule has 24 heavy (non-hydrogen) atoms. The number of alkyl halides is 3. The van der Waals surface area contributed by atoms with Crippen molar-refractivity contribution in [2.24, 2.45) is 0 Å². The Balaban J connectivity index is 2.20. The summed E-state index contributed by atoms with van der Waals surface area (Å²) in [7, 11) is 0. The Hall–Kier alpha value is -3.04. The van der Waals surface area contributed by atoms with Crippen LogP contribution in [-0.4, -0.2) is 19.5 Å². The number of hydrogen-bond acceptors (Lipinski definition) is 4. The second kappa shape index (κ2) is 5.25. The van der Waals surface area contributed by atoms with Gasteiger partial charge in [0.05, 0.1) is 16.7 Å². The van der Waals surface area contributed by atoms with E-state index >= 15 is 0 Å². The van der Waals surface area contributed by atoms with E-state index in [0.29, 0.717) is 10.6 Å². The van der Waals surface area contributed by atoms with E-state index in [9.17, 15) is 27.7 Å². The molecule has 3 rings (SSSR count). The molecule has 0 aliphatic carbocycles. The van der Waals surface area contributed by atoms with Gasteiger partial charge in [0.2, 0.25) is 0 Å². The lowest BCUT2D eigenvalue weighted by Crippen LogP contribution is -2.13. The highest BCUT2D eigenvalue weighted by atomic mass is 19.4. The van der Waals surface area contributed by atoms with E-state index in [2.05, 4.69) is 10.1 Å². The van der Waals surface area contributed by atoms with Crippen molar-refractivity contribution in [2.45, 2.75) is 13.1 Å².